The first-order valence-electron chi connectivity index (χ1n) is 21.5. The van der Waals surface area contributed by atoms with Crippen molar-refractivity contribution >= 4 is 29.5 Å². The fourth-order valence-electron chi connectivity index (χ4n) is 6.46. The van der Waals surface area contributed by atoms with E-state index in [1.165, 1.54) is 0 Å². The monoisotopic (exact) mass is 831 g/mol. The number of unbranched alkanes of at least 4 members (excludes halogenated alkanes) is 7. The van der Waals surface area contributed by atoms with Gasteiger partial charge >= 0.3 is 0 Å². The number of aliphatic hydroxyl groups is 1. The summed E-state index contributed by atoms with van der Waals surface area (Å²) in [5, 5.41) is 21.4. The molecule has 1 rings (SSSR count). The van der Waals surface area contributed by atoms with Crippen LogP contribution in [0.15, 0.2) is 0 Å². The zero-order valence-electron chi connectivity index (χ0n) is 35.4. The van der Waals surface area contributed by atoms with Crippen molar-refractivity contribution < 1.29 is 48.0 Å². The minimum absolute atomic E-state index is 0.0282. The molecule has 1 unspecified atom stereocenters. The van der Waals surface area contributed by atoms with Crippen molar-refractivity contribution in [1.29, 1.82) is 0 Å². The Balaban J connectivity index is 2.68. The summed E-state index contributed by atoms with van der Waals surface area (Å²) in [6, 6.07) is -0.0507. The van der Waals surface area contributed by atoms with Crippen molar-refractivity contribution in [1.82, 2.24) is 26.2 Å². The fourth-order valence-corrected chi connectivity index (χ4v) is 6.46. The molecule has 0 spiro atoms. The Hall–Kier alpha value is -2.97. The molecule has 5 amide bonds. The molecule has 11 N–H and O–H groups in total. The van der Waals surface area contributed by atoms with Crippen LogP contribution in [0.1, 0.15) is 109 Å². The highest BCUT2D eigenvalue weighted by Gasteiger charge is 2.35. The van der Waals surface area contributed by atoms with Gasteiger partial charge in [0.1, 0.15) is 5.54 Å². The highest BCUT2D eigenvalue weighted by atomic mass is 16.5. The molecular formula is C40H78N8O10. The Morgan fingerprint density at radius 2 is 1.02 bits per heavy atom. The maximum absolute atomic E-state index is 13.4. The van der Waals surface area contributed by atoms with Gasteiger partial charge in [-0.1, -0.05) is 38.5 Å². The molecule has 2 atom stereocenters. The van der Waals surface area contributed by atoms with E-state index in [9.17, 15) is 29.1 Å². The molecule has 1 heterocycles. The maximum Gasteiger partial charge on any atom is 0.222 e. The Labute approximate surface area is 346 Å². The number of amides is 5. The molecule has 1 saturated heterocycles. The summed E-state index contributed by atoms with van der Waals surface area (Å²) in [7, 11) is 1.61. The lowest BCUT2D eigenvalue weighted by molar-refractivity contribution is -0.133. The molecule has 1 aliphatic rings. The van der Waals surface area contributed by atoms with E-state index in [1.54, 1.807) is 12.0 Å². The van der Waals surface area contributed by atoms with Gasteiger partial charge in [0, 0.05) is 65.4 Å². The second-order valence-corrected chi connectivity index (χ2v) is 15.1. The zero-order valence-corrected chi connectivity index (χ0v) is 35.4. The number of hydrogen-bond acceptors (Lipinski definition) is 13. The molecule has 0 saturated carbocycles. The van der Waals surface area contributed by atoms with Crippen LogP contribution >= 0.6 is 0 Å². The third-order valence-electron chi connectivity index (χ3n) is 9.69. The number of nitrogens with two attached hydrogens (primary N) is 3. The summed E-state index contributed by atoms with van der Waals surface area (Å²) in [5.74, 6) is -0.667. The van der Waals surface area contributed by atoms with Gasteiger partial charge in [-0.2, -0.15) is 0 Å². The SMILES string of the molecule is COCC1C[C@@H](O)CN1C(=O)CCCCCCCCCCC(=O)NC(COCCC(=O)NCCCN)(COCCC(=O)NCCCN)COCCC(=O)NCCCN. The van der Waals surface area contributed by atoms with Gasteiger partial charge in [-0.3, -0.25) is 24.0 Å². The highest BCUT2D eigenvalue weighted by molar-refractivity contribution is 5.78. The number of carbonyl (C=O) groups is 5. The van der Waals surface area contributed by atoms with Crippen LogP contribution in [0, 0.1) is 0 Å². The van der Waals surface area contributed by atoms with Crippen LogP contribution in [0.2, 0.25) is 0 Å². The first kappa shape index (κ1) is 53.0. The Morgan fingerprint density at radius 3 is 1.43 bits per heavy atom. The normalized spacial score (nSPS) is 15.4. The maximum atomic E-state index is 13.4. The molecule has 0 aromatic carbocycles. The van der Waals surface area contributed by atoms with Crippen LogP contribution in [-0.2, 0) is 42.9 Å². The van der Waals surface area contributed by atoms with E-state index in [4.69, 9.17) is 36.1 Å². The molecule has 0 bridgehead atoms. The molecule has 1 aliphatic heterocycles. The molecule has 58 heavy (non-hydrogen) atoms. The second-order valence-electron chi connectivity index (χ2n) is 15.1. The summed E-state index contributed by atoms with van der Waals surface area (Å²) in [6.07, 6.45) is 10.6. The van der Waals surface area contributed by atoms with Gasteiger partial charge in [0.25, 0.3) is 0 Å². The number of rotatable bonds is 38. The quantitative estimate of drug-likeness (QED) is 0.0380. The first-order valence-corrected chi connectivity index (χ1v) is 21.5. The number of β-amino-alcohol motifs (C(OH)–C–C–N with tert-alkyl or cyclic N) is 1. The number of hydrogen-bond donors (Lipinski definition) is 8. The van der Waals surface area contributed by atoms with Crippen LogP contribution in [0.4, 0.5) is 0 Å². The molecule has 1 fully saturated rings. The highest BCUT2D eigenvalue weighted by Crippen LogP contribution is 2.20. The van der Waals surface area contributed by atoms with Crippen molar-refractivity contribution in [2.24, 2.45) is 17.2 Å². The number of ether oxygens (including phenoxy) is 4. The van der Waals surface area contributed by atoms with Crippen molar-refractivity contribution in [3.63, 3.8) is 0 Å². The molecule has 0 aromatic rings. The van der Waals surface area contributed by atoms with Gasteiger partial charge in [0.05, 0.1) is 58.4 Å². The van der Waals surface area contributed by atoms with E-state index < -0.39 is 11.6 Å². The summed E-state index contributed by atoms with van der Waals surface area (Å²) in [5.41, 5.74) is 15.4. The van der Waals surface area contributed by atoms with Gasteiger partial charge in [0.15, 0.2) is 0 Å². The van der Waals surface area contributed by atoms with Crippen molar-refractivity contribution in [3.05, 3.63) is 0 Å². The van der Waals surface area contributed by atoms with E-state index >= 15 is 0 Å². The summed E-state index contributed by atoms with van der Waals surface area (Å²) in [4.78, 5) is 64.6. The van der Waals surface area contributed by atoms with E-state index in [0.29, 0.717) is 90.9 Å². The number of aliphatic hydroxyl groups excluding tert-OH is 1. The molecule has 0 aromatic heterocycles. The number of carbonyl (C=O) groups excluding carboxylic acids is 5. The van der Waals surface area contributed by atoms with Crippen LogP contribution < -0.4 is 38.5 Å². The smallest absolute Gasteiger partial charge is 0.222 e. The van der Waals surface area contributed by atoms with Crippen LogP contribution in [0.5, 0.6) is 0 Å². The number of methoxy groups -OCH3 is 1. The van der Waals surface area contributed by atoms with Gasteiger partial charge in [-0.05, 0) is 58.2 Å². The third kappa shape index (κ3) is 26.9. The third-order valence-corrected chi connectivity index (χ3v) is 9.69. The standard InChI is InChI=1S/C40H78N8O10/c1-55-29-33-27-34(49)28-48(33)39(54)14-9-7-5-3-2-4-6-8-13-38(53)47-40(30-56-24-15-35(50)44-21-10-18-41,31-57-25-16-36(51)45-22-11-19-42)32-58-26-17-37(52)46-23-12-20-43/h33-34,49H,2-32,41-43H2,1H3,(H,44,50)(H,45,51)(H,46,52)(H,47,53)/t33?,34-/m1/s1. The van der Waals surface area contributed by atoms with E-state index in [1.807, 2.05) is 0 Å². The molecule has 0 aliphatic carbocycles. The average Bonchev–Trinajstić information content (AvgIpc) is 3.57. The lowest BCUT2D eigenvalue weighted by Gasteiger charge is -2.34. The van der Waals surface area contributed by atoms with Crippen LogP contribution in [0.3, 0.4) is 0 Å². The Kier molecular flexibility index (Phi) is 31.9. The largest absolute Gasteiger partial charge is 0.391 e. The number of nitrogens with zero attached hydrogens (tertiary/aromatic N) is 1. The lowest BCUT2D eigenvalue weighted by atomic mass is 10.0. The fraction of sp³-hybridized carbons (Fsp3) is 0.875. The van der Waals surface area contributed by atoms with Crippen molar-refractivity contribution in [3.8, 4) is 0 Å². The van der Waals surface area contributed by atoms with Gasteiger partial charge in [-0.15, -0.1) is 0 Å². The minimum atomic E-state index is -1.15. The molecular weight excluding hydrogens is 752 g/mol. The first-order chi connectivity index (χ1) is 28.1. The van der Waals surface area contributed by atoms with Crippen LogP contribution in [-0.4, -0.2) is 156 Å². The van der Waals surface area contributed by atoms with E-state index in [2.05, 4.69) is 21.3 Å². The Morgan fingerprint density at radius 1 is 0.603 bits per heavy atom. The molecule has 18 heteroatoms. The lowest BCUT2D eigenvalue weighted by Crippen LogP contribution is -2.58. The zero-order chi connectivity index (χ0) is 42.7. The van der Waals surface area contributed by atoms with Gasteiger partial charge in [-0.25, -0.2) is 0 Å². The molecule has 338 valence electrons. The number of nitrogens with one attached hydrogen (secondary N) is 4. The summed E-state index contributed by atoms with van der Waals surface area (Å²) in [6.45, 7) is 3.84. The topological polar surface area (TPSA) is 272 Å². The summed E-state index contributed by atoms with van der Waals surface area (Å²) < 4.78 is 23.0. The summed E-state index contributed by atoms with van der Waals surface area (Å²) >= 11 is 0. The number of likely N-dealkylation sites (tertiary alicyclic amines) is 1. The van der Waals surface area contributed by atoms with E-state index in [0.717, 1.165) is 44.9 Å². The van der Waals surface area contributed by atoms with Crippen LogP contribution in [0.25, 0.3) is 0 Å². The van der Waals surface area contributed by atoms with Crippen molar-refractivity contribution in [2.45, 2.75) is 127 Å². The van der Waals surface area contributed by atoms with Crippen molar-refractivity contribution in [2.75, 3.05) is 99.2 Å². The minimum Gasteiger partial charge on any atom is -0.391 e. The second kappa shape index (κ2) is 34.8. The average molecular weight is 831 g/mol. The molecule has 0 radical (unpaired) electrons. The van der Waals surface area contributed by atoms with Gasteiger partial charge in [0.2, 0.25) is 29.5 Å². The predicted molar refractivity (Wildman–Crippen MR) is 221 cm³/mol. The Bertz CT molecular complexity index is 1050. The molecule has 18 nitrogen and oxygen atoms in total. The predicted octanol–water partition coefficient (Wildman–Crippen LogP) is -0.0343. The van der Waals surface area contributed by atoms with Gasteiger partial charge < -0.3 is 67.4 Å². The van der Waals surface area contributed by atoms with E-state index in [-0.39, 0.29) is 101 Å².